The van der Waals surface area contributed by atoms with Crippen LogP contribution in [0.2, 0.25) is 0 Å². The van der Waals surface area contributed by atoms with Gasteiger partial charge in [-0.3, -0.25) is 0 Å². The molecule has 0 unspecified atom stereocenters. The first-order valence-electron chi connectivity index (χ1n) is 4.88. The Labute approximate surface area is 101 Å². The van der Waals surface area contributed by atoms with Crippen molar-refractivity contribution >= 4 is 10.0 Å². The van der Waals surface area contributed by atoms with Crippen LogP contribution in [0.5, 0.6) is 11.5 Å². The molecule has 0 heterocycles. The lowest BCUT2D eigenvalue weighted by Gasteiger charge is -2.14. The van der Waals surface area contributed by atoms with Crippen molar-refractivity contribution in [1.29, 1.82) is 0 Å². The summed E-state index contributed by atoms with van der Waals surface area (Å²) in [5.41, 5.74) is 6.12. The van der Waals surface area contributed by atoms with E-state index in [1.54, 1.807) is 0 Å². The summed E-state index contributed by atoms with van der Waals surface area (Å²) in [7, 11) is 0.726. The van der Waals surface area contributed by atoms with E-state index in [1.807, 2.05) is 0 Å². The zero-order chi connectivity index (χ0) is 13.1. The third-order valence-corrected chi connectivity index (χ3v) is 3.72. The SMILES string of the molecule is CNS(=O)(=O)c1cc(CN)c(OC)c(OC)c1. The number of nitrogens with one attached hydrogen (secondary N) is 1. The minimum absolute atomic E-state index is 0.0955. The zero-order valence-corrected chi connectivity index (χ0v) is 10.8. The fourth-order valence-corrected chi connectivity index (χ4v) is 2.24. The number of hydrogen-bond donors (Lipinski definition) is 2. The first-order valence-corrected chi connectivity index (χ1v) is 6.37. The van der Waals surface area contributed by atoms with Crippen LogP contribution in [0.1, 0.15) is 5.56 Å². The van der Waals surface area contributed by atoms with Crippen LogP contribution >= 0.6 is 0 Å². The predicted octanol–water partition coefficient (Wildman–Crippen LogP) is 0.0706. The van der Waals surface area contributed by atoms with E-state index in [-0.39, 0.29) is 11.4 Å². The van der Waals surface area contributed by atoms with E-state index in [9.17, 15) is 8.42 Å². The molecule has 0 aliphatic rings. The fourth-order valence-electron chi connectivity index (χ4n) is 1.44. The Morgan fingerprint density at radius 2 is 1.94 bits per heavy atom. The Kier molecular flexibility index (Phi) is 4.33. The largest absolute Gasteiger partial charge is 0.493 e. The maximum atomic E-state index is 11.7. The van der Waals surface area contributed by atoms with Crippen LogP contribution in [0, 0.1) is 0 Å². The van der Waals surface area contributed by atoms with Gasteiger partial charge in [0.25, 0.3) is 0 Å². The minimum Gasteiger partial charge on any atom is -0.493 e. The Hall–Kier alpha value is -1.31. The Morgan fingerprint density at radius 3 is 2.35 bits per heavy atom. The van der Waals surface area contributed by atoms with Crippen molar-refractivity contribution in [3.8, 4) is 11.5 Å². The molecule has 6 nitrogen and oxygen atoms in total. The van der Waals surface area contributed by atoms with E-state index in [1.165, 1.54) is 33.4 Å². The smallest absolute Gasteiger partial charge is 0.240 e. The second kappa shape index (κ2) is 5.35. The summed E-state index contributed by atoms with van der Waals surface area (Å²) < 4.78 is 35.8. The summed E-state index contributed by atoms with van der Waals surface area (Å²) in [6.07, 6.45) is 0. The van der Waals surface area contributed by atoms with Gasteiger partial charge in [0.05, 0.1) is 19.1 Å². The van der Waals surface area contributed by atoms with Crippen molar-refractivity contribution in [2.24, 2.45) is 5.73 Å². The highest BCUT2D eigenvalue weighted by molar-refractivity contribution is 7.89. The number of methoxy groups -OCH3 is 2. The molecule has 1 aromatic rings. The zero-order valence-electron chi connectivity index (χ0n) is 9.98. The molecule has 96 valence electrons. The van der Waals surface area contributed by atoms with Gasteiger partial charge < -0.3 is 15.2 Å². The Morgan fingerprint density at radius 1 is 1.29 bits per heavy atom. The molecule has 0 aromatic heterocycles. The molecule has 0 fully saturated rings. The Balaban J connectivity index is 3.48. The average molecular weight is 260 g/mol. The summed E-state index contributed by atoms with van der Waals surface area (Å²) in [6, 6.07) is 2.86. The molecule has 0 spiro atoms. The highest BCUT2D eigenvalue weighted by atomic mass is 32.2. The van der Waals surface area contributed by atoms with Crippen LogP contribution in [-0.4, -0.2) is 29.7 Å². The van der Waals surface area contributed by atoms with Gasteiger partial charge in [0.15, 0.2) is 11.5 Å². The topological polar surface area (TPSA) is 90.7 Å². The second-order valence-corrected chi connectivity index (χ2v) is 5.12. The lowest BCUT2D eigenvalue weighted by Crippen LogP contribution is -2.19. The van der Waals surface area contributed by atoms with E-state index >= 15 is 0 Å². The van der Waals surface area contributed by atoms with Crippen LogP contribution < -0.4 is 19.9 Å². The number of rotatable bonds is 5. The van der Waals surface area contributed by atoms with Crippen LogP contribution in [0.4, 0.5) is 0 Å². The molecule has 0 radical (unpaired) electrons. The number of nitrogens with two attached hydrogens (primary N) is 1. The average Bonchev–Trinajstić information content (AvgIpc) is 2.36. The van der Waals surface area contributed by atoms with Crippen molar-refractivity contribution in [3.63, 3.8) is 0 Å². The van der Waals surface area contributed by atoms with Gasteiger partial charge in [-0.25, -0.2) is 13.1 Å². The lowest BCUT2D eigenvalue weighted by atomic mass is 10.2. The van der Waals surface area contributed by atoms with Gasteiger partial charge >= 0.3 is 0 Å². The quantitative estimate of drug-likeness (QED) is 0.782. The van der Waals surface area contributed by atoms with Crippen molar-refractivity contribution in [2.45, 2.75) is 11.4 Å². The first-order chi connectivity index (χ1) is 8.00. The van der Waals surface area contributed by atoms with Gasteiger partial charge in [0, 0.05) is 18.2 Å². The second-order valence-electron chi connectivity index (χ2n) is 3.23. The van der Waals surface area contributed by atoms with E-state index in [0.29, 0.717) is 17.1 Å². The van der Waals surface area contributed by atoms with Gasteiger partial charge in [-0.15, -0.1) is 0 Å². The summed E-state index contributed by atoms with van der Waals surface area (Å²) in [5.74, 6) is 0.786. The van der Waals surface area contributed by atoms with Crippen molar-refractivity contribution < 1.29 is 17.9 Å². The van der Waals surface area contributed by atoms with Gasteiger partial charge in [-0.05, 0) is 13.1 Å². The number of hydrogen-bond acceptors (Lipinski definition) is 5. The van der Waals surface area contributed by atoms with E-state index in [0.717, 1.165) is 0 Å². The monoisotopic (exact) mass is 260 g/mol. The van der Waals surface area contributed by atoms with Crippen molar-refractivity contribution in [1.82, 2.24) is 4.72 Å². The summed E-state index contributed by atoms with van der Waals surface area (Å²) >= 11 is 0. The summed E-state index contributed by atoms with van der Waals surface area (Å²) in [5, 5.41) is 0. The number of benzene rings is 1. The maximum absolute atomic E-state index is 11.7. The standard InChI is InChI=1S/C10H16N2O4S/c1-12-17(13,14)8-4-7(6-11)10(16-3)9(5-8)15-2/h4-5,12H,6,11H2,1-3H3. The fraction of sp³-hybridized carbons (Fsp3) is 0.400. The van der Waals surface area contributed by atoms with Gasteiger partial charge in [0.2, 0.25) is 10.0 Å². The Bertz CT molecular complexity index is 474. The molecule has 0 aliphatic carbocycles. The third kappa shape index (κ3) is 2.68. The lowest BCUT2D eigenvalue weighted by molar-refractivity contribution is 0.350. The number of sulfonamides is 1. The van der Waals surface area contributed by atoms with Crippen molar-refractivity contribution in [2.75, 3.05) is 21.3 Å². The van der Waals surface area contributed by atoms with E-state index < -0.39 is 10.0 Å². The van der Waals surface area contributed by atoms with Crippen LogP contribution in [0.3, 0.4) is 0 Å². The van der Waals surface area contributed by atoms with Crippen LogP contribution in [0.25, 0.3) is 0 Å². The molecule has 0 saturated carbocycles. The maximum Gasteiger partial charge on any atom is 0.240 e. The van der Waals surface area contributed by atoms with Crippen LogP contribution in [-0.2, 0) is 16.6 Å². The molecular formula is C10H16N2O4S. The molecule has 17 heavy (non-hydrogen) atoms. The molecule has 1 aromatic carbocycles. The summed E-state index contributed by atoms with van der Waals surface area (Å²) in [6.45, 7) is 0.159. The number of ether oxygens (including phenoxy) is 2. The van der Waals surface area contributed by atoms with Crippen molar-refractivity contribution in [3.05, 3.63) is 17.7 Å². The molecule has 1 rings (SSSR count). The molecule has 7 heteroatoms. The molecule has 0 bridgehead atoms. The summed E-state index contributed by atoms with van der Waals surface area (Å²) in [4.78, 5) is 0.0955. The normalized spacial score (nSPS) is 11.3. The van der Waals surface area contributed by atoms with Gasteiger partial charge in [0.1, 0.15) is 0 Å². The molecule has 0 amide bonds. The van der Waals surface area contributed by atoms with Gasteiger partial charge in [-0.2, -0.15) is 0 Å². The third-order valence-electron chi connectivity index (χ3n) is 2.33. The highest BCUT2D eigenvalue weighted by Crippen LogP contribution is 2.33. The molecule has 0 atom stereocenters. The van der Waals surface area contributed by atoms with E-state index in [4.69, 9.17) is 15.2 Å². The van der Waals surface area contributed by atoms with E-state index in [2.05, 4.69) is 4.72 Å². The first kappa shape index (κ1) is 13.8. The van der Waals surface area contributed by atoms with Crippen LogP contribution in [0.15, 0.2) is 17.0 Å². The highest BCUT2D eigenvalue weighted by Gasteiger charge is 2.18. The predicted molar refractivity (Wildman–Crippen MR) is 63.7 cm³/mol. The molecule has 0 saturated heterocycles. The molecule has 3 N–H and O–H groups in total. The molecular weight excluding hydrogens is 244 g/mol. The minimum atomic E-state index is -3.53. The molecule has 0 aliphatic heterocycles. The van der Waals surface area contributed by atoms with Gasteiger partial charge in [-0.1, -0.05) is 0 Å².